The fourth-order valence-electron chi connectivity index (χ4n) is 1.61. The summed E-state index contributed by atoms with van der Waals surface area (Å²) in [5, 5.41) is 9.28. The maximum Gasteiger partial charge on any atom is 0.403 e. The second kappa shape index (κ2) is 4.99. The Morgan fingerprint density at radius 1 is 1.00 bits per heavy atom. The predicted octanol–water partition coefficient (Wildman–Crippen LogP) is 3.91. The molecule has 0 bridgehead atoms. The van der Waals surface area contributed by atoms with Gasteiger partial charge in [0.2, 0.25) is 0 Å². The summed E-state index contributed by atoms with van der Waals surface area (Å²) in [6.07, 6.45) is -14.5. The van der Waals surface area contributed by atoms with Gasteiger partial charge in [-0.3, -0.25) is 0 Å². The lowest BCUT2D eigenvalue weighted by Crippen LogP contribution is -2.41. The Kier molecular flexibility index (Phi) is 4.14. The summed E-state index contributed by atoms with van der Waals surface area (Å²) in [7, 11) is 0. The number of hydrogen-bond donors (Lipinski definition) is 1. The molecule has 1 unspecified atom stereocenters. The van der Waals surface area contributed by atoms with Gasteiger partial charge in [-0.25, -0.2) is 4.39 Å². The number of aryl methyl sites for hydroxylation is 1. The number of rotatable bonds is 2. The molecule has 1 rings (SSSR count). The minimum Gasteiger partial charge on any atom is -0.387 e. The Morgan fingerprint density at radius 2 is 1.47 bits per heavy atom. The lowest BCUT2D eigenvalue weighted by molar-refractivity contribution is -0.307. The van der Waals surface area contributed by atoms with Crippen LogP contribution in [-0.4, -0.2) is 17.5 Å². The van der Waals surface area contributed by atoms with Gasteiger partial charge in [-0.05, 0) is 13.0 Å². The van der Waals surface area contributed by atoms with Crippen LogP contribution >= 0.6 is 0 Å². The summed E-state index contributed by atoms with van der Waals surface area (Å²) in [5.41, 5.74) is -0.793. The van der Waals surface area contributed by atoms with E-state index in [0.29, 0.717) is 6.07 Å². The van der Waals surface area contributed by atoms with Crippen LogP contribution < -0.4 is 0 Å². The number of aliphatic hydroxyl groups is 1. The van der Waals surface area contributed by atoms with Crippen molar-refractivity contribution in [2.75, 3.05) is 0 Å². The maximum atomic E-state index is 13.3. The molecule has 0 fully saturated rings. The molecule has 0 saturated heterocycles. The fraction of sp³-hybridized carbons (Fsp3) is 0.455. The third kappa shape index (κ3) is 3.59. The molecule has 1 nitrogen and oxygen atoms in total. The van der Waals surface area contributed by atoms with E-state index in [1.807, 2.05) is 0 Å². The van der Waals surface area contributed by atoms with Crippen molar-refractivity contribution in [3.8, 4) is 0 Å². The van der Waals surface area contributed by atoms with Gasteiger partial charge in [0.05, 0.1) is 0 Å². The molecule has 0 aliphatic rings. The van der Waals surface area contributed by atoms with E-state index < -0.39 is 35.8 Å². The van der Waals surface area contributed by atoms with Crippen LogP contribution in [0, 0.1) is 18.7 Å². The summed E-state index contributed by atoms with van der Waals surface area (Å²) in [6.45, 7) is 1.35. The van der Waals surface area contributed by atoms with Crippen LogP contribution in [0.15, 0.2) is 18.2 Å². The first kappa shape index (κ1) is 15.7. The Labute approximate surface area is 103 Å². The molecule has 1 aromatic rings. The van der Waals surface area contributed by atoms with E-state index in [1.54, 1.807) is 0 Å². The molecule has 0 aromatic heterocycles. The van der Waals surface area contributed by atoms with Crippen molar-refractivity contribution in [1.82, 2.24) is 0 Å². The molecular formula is C11H9F7O. The summed E-state index contributed by atoms with van der Waals surface area (Å²) >= 11 is 0. The van der Waals surface area contributed by atoms with Crippen LogP contribution in [-0.2, 0) is 0 Å². The summed E-state index contributed by atoms with van der Waals surface area (Å²) in [5.74, 6) is -5.35. The normalized spacial score (nSPS) is 14.8. The van der Waals surface area contributed by atoms with Gasteiger partial charge in [-0.15, -0.1) is 0 Å². The molecular weight excluding hydrogens is 281 g/mol. The van der Waals surface area contributed by atoms with E-state index in [4.69, 9.17) is 0 Å². The minimum absolute atomic E-state index is 0.235. The van der Waals surface area contributed by atoms with E-state index in [2.05, 4.69) is 0 Å². The number of alkyl halides is 6. The molecule has 19 heavy (non-hydrogen) atoms. The van der Waals surface area contributed by atoms with Crippen molar-refractivity contribution in [2.45, 2.75) is 25.4 Å². The topological polar surface area (TPSA) is 20.2 Å². The number of aliphatic hydroxyl groups excluding tert-OH is 1. The number of benzene rings is 1. The highest BCUT2D eigenvalue weighted by molar-refractivity contribution is 5.26. The zero-order valence-electron chi connectivity index (χ0n) is 9.48. The molecule has 0 amide bonds. The standard InChI is InChI=1S/C11H9F7O/c1-5-2-3-7(12)6(4-5)8(19)9(10(13,14)15)11(16,17)18/h2-4,8-9,19H,1H3. The Hall–Kier alpha value is -1.31. The number of halogens is 7. The van der Waals surface area contributed by atoms with Crippen molar-refractivity contribution in [2.24, 2.45) is 5.92 Å². The third-order valence-corrected chi connectivity index (χ3v) is 2.49. The van der Waals surface area contributed by atoms with Crippen LogP contribution in [0.25, 0.3) is 0 Å². The SMILES string of the molecule is Cc1ccc(F)c(C(O)C(C(F)(F)F)C(F)(F)F)c1. The van der Waals surface area contributed by atoms with Crippen LogP contribution in [0.1, 0.15) is 17.2 Å². The predicted molar refractivity (Wildman–Crippen MR) is 51.7 cm³/mol. The first-order valence-electron chi connectivity index (χ1n) is 5.02. The zero-order valence-corrected chi connectivity index (χ0v) is 9.48. The van der Waals surface area contributed by atoms with Crippen LogP contribution in [0.2, 0.25) is 0 Å². The number of hydrogen-bond acceptors (Lipinski definition) is 1. The van der Waals surface area contributed by atoms with Crippen LogP contribution in [0.4, 0.5) is 30.7 Å². The quantitative estimate of drug-likeness (QED) is 0.819. The molecule has 0 saturated carbocycles. The molecule has 1 atom stereocenters. The molecule has 108 valence electrons. The Bertz CT molecular complexity index is 435. The lowest BCUT2D eigenvalue weighted by Gasteiger charge is -2.27. The van der Waals surface area contributed by atoms with Gasteiger partial charge >= 0.3 is 12.4 Å². The highest BCUT2D eigenvalue weighted by Gasteiger charge is 2.60. The van der Waals surface area contributed by atoms with Crippen LogP contribution in [0.5, 0.6) is 0 Å². The van der Waals surface area contributed by atoms with E-state index >= 15 is 0 Å². The van der Waals surface area contributed by atoms with Gasteiger partial charge in [0.25, 0.3) is 0 Å². The highest BCUT2D eigenvalue weighted by atomic mass is 19.4. The van der Waals surface area contributed by atoms with Crippen LogP contribution in [0.3, 0.4) is 0 Å². The molecule has 0 spiro atoms. The zero-order chi connectivity index (χ0) is 15.0. The largest absolute Gasteiger partial charge is 0.403 e. The molecule has 8 heteroatoms. The highest BCUT2D eigenvalue weighted by Crippen LogP contribution is 2.46. The van der Waals surface area contributed by atoms with E-state index in [1.165, 1.54) is 13.0 Å². The molecule has 0 radical (unpaired) electrons. The molecule has 1 N–H and O–H groups in total. The van der Waals surface area contributed by atoms with Crippen molar-refractivity contribution < 1.29 is 35.8 Å². The first-order valence-corrected chi connectivity index (χ1v) is 5.02. The molecule has 0 heterocycles. The third-order valence-electron chi connectivity index (χ3n) is 2.49. The Morgan fingerprint density at radius 3 is 1.89 bits per heavy atom. The van der Waals surface area contributed by atoms with E-state index in [9.17, 15) is 35.8 Å². The lowest BCUT2D eigenvalue weighted by atomic mass is 9.93. The first-order chi connectivity index (χ1) is 8.44. The average molecular weight is 290 g/mol. The summed E-state index contributed by atoms with van der Waals surface area (Å²) in [6, 6.07) is 2.63. The van der Waals surface area contributed by atoms with Crippen molar-refractivity contribution in [1.29, 1.82) is 0 Å². The minimum atomic E-state index is -5.73. The maximum absolute atomic E-state index is 13.3. The van der Waals surface area contributed by atoms with Gasteiger partial charge in [-0.2, -0.15) is 26.3 Å². The average Bonchev–Trinajstić information content (AvgIpc) is 2.17. The molecule has 0 aliphatic carbocycles. The summed E-state index contributed by atoms with van der Waals surface area (Å²) < 4.78 is 87.6. The van der Waals surface area contributed by atoms with Crippen molar-refractivity contribution >= 4 is 0 Å². The second-order valence-electron chi connectivity index (χ2n) is 4.03. The smallest absolute Gasteiger partial charge is 0.387 e. The van der Waals surface area contributed by atoms with Gasteiger partial charge < -0.3 is 5.11 Å². The van der Waals surface area contributed by atoms with E-state index in [-0.39, 0.29) is 5.56 Å². The van der Waals surface area contributed by atoms with Gasteiger partial charge in [0.15, 0.2) is 5.92 Å². The summed E-state index contributed by atoms with van der Waals surface area (Å²) in [4.78, 5) is 0. The Balaban J connectivity index is 3.28. The van der Waals surface area contributed by atoms with Crippen molar-refractivity contribution in [3.05, 3.63) is 35.1 Å². The molecule has 1 aromatic carbocycles. The molecule has 0 aliphatic heterocycles. The second-order valence-corrected chi connectivity index (χ2v) is 4.03. The van der Waals surface area contributed by atoms with Crippen molar-refractivity contribution in [3.63, 3.8) is 0 Å². The monoisotopic (exact) mass is 290 g/mol. The van der Waals surface area contributed by atoms with E-state index in [0.717, 1.165) is 6.07 Å². The van der Waals surface area contributed by atoms with Gasteiger partial charge in [0, 0.05) is 5.56 Å². The fourth-order valence-corrected chi connectivity index (χ4v) is 1.61. The van der Waals surface area contributed by atoms with Gasteiger partial charge in [0.1, 0.15) is 11.9 Å². The van der Waals surface area contributed by atoms with Gasteiger partial charge in [-0.1, -0.05) is 17.7 Å².